The molecule has 0 fully saturated rings. The Morgan fingerprint density at radius 2 is 1.87 bits per heavy atom. The maximum Gasteiger partial charge on any atom is 0.261 e. The van der Waals surface area contributed by atoms with Gasteiger partial charge in [0, 0.05) is 0 Å². The van der Waals surface area contributed by atoms with E-state index in [1.54, 1.807) is 38.1 Å². The van der Waals surface area contributed by atoms with E-state index in [1.807, 2.05) is 0 Å². The van der Waals surface area contributed by atoms with Gasteiger partial charge in [0.05, 0.1) is 29.2 Å². The third kappa shape index (κ3) is 3.39. The summed E-state index contributed by atoms with van der Waals surface area (Å²) in [6.45, 7) is 4.86. The van der Waals surface area contributed by atoms with Crippen LogP contribution in [0, 0.1) is 5.92 Å². The molecule has 2 rings (SSSR count). The number of para-hydroxylation sites is 1. The lowest BCUT2D eigenvalue weighted by molar-refractivity contribution is -0.307. The summed E-state index contributed by atoms with van der Waals surface area (Å²) in [7, 11) is 0. The smallest absolute Gasteiger partial charge is 0.261 e. The van der Waals surface area contributed by atoms with Gasteiger partial charge < -0.3 is 15.2 Å². The molecular weight excluding hydrogens is 298 g/mol. The first-order valence-electron chi connectivity index (χ1n) is 7.30. The highest BCUT2D eigenvalue weighted by molar-refractivity contribution is 5.85. The number of benzene rings is 1. The molecule has 0 saturated carbocycles. The molecule has 1 heterocycles. The summed E-state index contributed by atoms with van der Waals surface area (Å²) < 4.78 is 1.24. The zero-order chi connectivity index (χ0) is 17.1. The van der Waals surface area contributed by atoms with Gasteiger partial charge in [0.2, 0.25) is 5.91 Å². The number of carbonyl (C=O) groups is 2. The molecule has 0 unspecified atom stereocenters. The molecule has 1 aromatic heterocycles. The topological polar surface area (TPSA) is 104 Å². The minimum Gasteiger partial charge on any atom is -0.548 e. The molecule has 0 bridgehead atoms. The third-order valence-electron chi connectivity index (χ3n) is 3.60. The van der Waals surface area contributed by atoms with Crippen molar-refractivity contribution in [3.8, 4) is 0 Å². The number of aliphatic carboxylic acids is 1. The van der Waals surface area contributed by atoms with Crippen molar-refractivity contribution in [1.29, 1.82) is 0 Å². The van der Waals surface area contributed by atoms with Crippen molar-refractivity contribution in [1.82, 2.24) is 14.9 Å². The Morgan fingerprint density at radius 3 is 2.48 bits per heavy atom. The maximum atomic E-state index is 12.6. The second kappa shape index (κ2) is 6.60. The molecule has 0 radical (unpaired) electrons. The van der Waals surface area contributed by atoms with Gasteiger partial charge in [0.15, 0.2) is 0 Å². The van der Waals surface area contributed by atoms with E-state index in [4.69, 9.17) is 0 Å². The van der Waals surface area contributed by atoms with E-state index < -0.39 is 24.0 Å². The SMILES string of the molecule is CC(C)[C@@H](C(=O)N[C@@H](C)C(=O)[O-])n1cnc2ccccc2c1=O. The Hall–Kier alpha value is -2.70. The van der Waals surface area contributed by atoms with Gasteiger partial charge in [-0.1, -0.05) is 26.0 Å². The second-order valence-corrected chi connectivity index (χ2v) is 5.71. The number of fused-ring (bicyclic) bond motifs is 1. The molecule has 0 saturated heterocycles. The van der Waals surface area contributed by atoms with Crippen LogP contribution in [0.15, 0.2) is 35.4 Å². The third-order valence-corrected chi connectivity index (χ3v) is 3.60. The number of aromatic nitrogens is 2. The lowest BCUT2D eigenvalue weighted by atomic mass is 10.0. The number of hydrogen-bond donors (Lipinski definition) is 1. The Labute approximate surface area is 133 Å². The number of carboxylic acid groups (broad SMARTS) is 1. The van der Waals surface area contributed by atoms with Gasteiger partial charge in [0.25, 0.3) is 5.56 Å². The first kappa shape index (κ1) is 16.7. The van der Waals surface area contributed by atoms with Crippen LogP contribution in [0.3, 0.4) is 0 Å². The van der Waals surface area contributed by atoms with Crippen LogP contribution in [0.2, 0.25) is 0 Å². The predicted molar refractivity (Wildman–Crippen MR) is 82.5 cm³/mol. The van der Waals surface area contributed by atoms with E-state index in [1.165, 1.54) is 17.8 Å². The lowest BCUT2D eigenvalue weighted by Crippen LogP contribution is -2.49. The molecule has 0 spiro atoms. The Bertz CT molecular complexity index is 797. The van der Waals surface area contributed by atoms with Crippen molar-refractivity contribution in [2.24, 2.45) is 5.92 Å². The number of carbonyl (C=O) groups excluding carboxylic acids is 2. The molecular formula is C16H18N3O4-. The fourth-order valence-corrected chi connectivity index (χ4v) is 2.39. The van der Waals surface area contributed by atoms with Crippen molar-refractivity contribution in [3.05, 3.63) is 40.9 Å². The molecule has 1 amide bonds. The minimum atomic E-state index is -1.38. The van der Waals surface area contributed by atoms with Crippen LogP contribution < -0.4 is 16.0 Å². The zero-order valence-electron chi connectivity index (χ0n) is 13.1. The first-order chi connectivity index (χ1) is 10.8. The van der Waals surface area contributed by atoms with E-state index in [0.717, 1.165) is 0 Å². The highest BCUT2D eigenvalue weighted by atomic mass is 16.4. The fourth-order valence-electron chi connectivity index (χ4n) is 2.39. The van der Waals surface area contributed by atoms with Crippen molar-refractivity contribution in [2.45, 2.75) is 32.9 Å². The van der Waals surface area contributed by atoms with Gasteiger partial charge in [-0.05, 0) is 25.0 Å². The van der Waals surface area contributed by atoms with Crippen LogP contribution in [-0.2, 0) is 9.59 Å². The molecule has 7 heteroatoms. The van der Waals surface area contributed by atoms with Crippen LogP contribution >= 0.6 is 0 Å². The molecule has 1 N–H and O–H groups in total. The van der Waals surface area contributed by atoms with Crippen molar-refractivity contribution >= 4 is 22.8 Å². The largest absolute Gasteiger partial charge is 0.548 e. The van der Waals surface area contributed by atoms with Crippen LogP contribution in [0.1, 0.15) is 26.8 Å². The minimum absolute atomic E-state index is 0.232. The van der Waals surface area contributed by atoms with Gasteiger partial charge >= 0.3 is 0 Å². The zero-order valence-corrected chi connectivity index (χ0v) is 13.1. The highest BCUT2D eigenvalue weighted by Crippen LogP contribution is 2.17. The molecule has 7 nitrogen and oxygen atoms in total. The Kier molecular flexibility index (Phi) is 4.78. The van der Waals surface area contributed by atoms with E-state index in [-0.39, 0.29) is 11.5 Å². The Balaban J connectivity index is 2.46. The summed E-state index contributed by atoms with van der Waals surface area (Å²) >= 11 is 0. The highest BCUT2D eigenvalue weighted by Gasteiger charge is 2.27. The van der Waals surface area contributed by atoms with Crippen molar-refractivity contribution in [2.75, 3.05) is 0 Å². The normalized spacial score (nSPS) is 13.7. The van der Waals surface area contributed by atoms with Crippen LogP contribution in [0.25, 0.3) is 10.9 Å². The quantitative estimate of drug-likeness (QED) is 0.826. The number of carboxylic acids is 1. The number of nitrogens with one attached hydrogen (secondary N) is 1. The molecule has 1 aromatic carbocycles. The molecule has 0 aliphatic carbocycles. The number of rotatable bonds is 5. The first-order valence-corrected chi connectivity index (χ1v) is 7.30. The number of amides is 1. The maximum absolute atomic E-state index is 12.6. The van der Waals surface area contributed by atoms with Crippen LogP contribution in [0.5, 0.6) is 0 Å². The van der Waals surface area contributed by atoms with Crippen molar-refractivity contribution in [3.63, 3.8) is 0 Å². The molecule has 0 aliphatic heterocycles. The van der Waals surface area contributed by atoms with Crippen LogP contribution in [-0.4, -0.2) is 27.5 Å². The van der Waals surface area contributed by atoms with Gasteiger partial charge in [-0.3, -0.25) is 14.2 Å². The van der Waals surface area contributed by atoms with Crippen molar-refractivity contribution < 1.29 is 14.7 Å². The van der Waals surface area contributed by atoms with E-state index in [0.29, 0.717) is 10.9 Å². The summed E-state index contributed by atoms with van der Waals surface area (Å²) in [5, 5.41) is 13.5. The van der Waals surface area contributed by atoms with E-state index in [2.05, 4.69) is 10.3 Å². The molecule has 0 aliphatic rings. The summed E-state index contributed by atoms with van der Waals surface area (Å²) in [6, 6.07) is 4.84. The lowest BCUT2D eigenvalue weighted by Gasteiger charge is -2.25. The molecule has 122 valence electrons. The summed E-state index contributed by atoms with van der Waals surface area (Å²) in [4.78, 5) is 40.0. The average molecular weight is 316 g/mol. The average Bonchev–Trinajstić information content (AvgIpc) is 2.49. The molecule has 2 atom stereocenters. The summed E-state index contributed by atoms with van der Waals surface area (Å²) in [5.41, 5.74) is 0.199. The van der Waals surface area contributed by atoms with Crippen LogP contribution in [0.4, 0.5) is 0 Å². The van der Waals surface area contributed by atoms with Gasteiger partial charge in [0.1, 0.15) is 6.04 Å². The standard InChI is InChI=1S/C16H19N3O4/c1-9(2)13(14(20)18-10(3)16(22)23)19-8-17-12-7-5-4-6-11(12)15(19)21/h4-10,13H,1-3H3,(H,18,20)(H,22,23)/p-1/t10-,13-/m0/s1. The fraction of sp³-hybridized carbons (Fsp3) is 0.375. The summed E-state index contributed by atoms with van der Waals surface area (Å²) in [5.74, 6) is -2.18. The molecule has 23 heavy (non-hydrogen) atoms. The molecule has 2 aromatic rings. The van der Waals surface area contributed by atoms with E-state index in [9.17, 15) is 19.5 Å². The van der Waals surface area contributed by atoms with Gasteiger partial charge in [-0.15, -0.1) is 0 Å². The monoisotopic (exact) mass is 316 g/mol. The number of nitrogens with zero attached hydrogens (tertiary/aromatic N) is 2. The predicted octanol–water partition coefficient (Wildman–Crippen LogP) is -0.152. The van der Waals surface area contributed by atoms with Gasteiger partial charge in [-0.25, -0.2) is 4.98 Å². The summed E-state index contributed by atoms with van der Waals surface area (Å²) in [6.07, 6.45) is 1.32. The van der Waals surface area contributed by atoms with E-state index >= 15 is 0 Å². The second-order valence-electron chi connectivity index (χ2n) is 5.71. The number of hydrogen-bond acceptors (Lipinski definition) is 5. The Morgan fingerprint density at radius 1 is 1.22 bits per heavy atom. The van der Waals surface area contributed by atoms with Gasteiger partial charge in [-0.2, -0.15) is 0 Å².